The number of amides is 1. The Hall–Kier alpha value is -1.93. The van der Waals surface area contributed by atoms with Crippen molar-refractivity contribution in [2.45, 2.75) is 12.8 Å². The first-order valence-electron chi connectivity index (χ1n) is 9.69. The van der Waals surface area contributed by atoms with Gasteiger partial charge in [0, 0.05) is 58.4 Å². The number of anilines is 2. The predicted molar refractivity (Wildman–Crippen MR) is 99.5 cm³/mol. The summed E-state index contributed by atoms with van der Waals surface area (Å²) in [7, 11) is 0. The molecule has 1 aromatic heterocycles. The highest BCUT2D eigenvalue weighted by Crippen LogP contribution is 2.22. The highest BCUT2D eigenvalue weighted by atomic mass is 16.5. The second-order valence-electron chi connectivity index (χ2n) is 7.18. The molecule has 3 aliphatic rings. The van der Waals surface area contributed by atoms with Gasteiger partial charge in [0.05, 0.1) is 19.8 Å². The molecule has 1 amide bonds. The van der Waals surface area contributed by atoms with Gasteiger partial charge in [-0.15, -0.1) is 0 Å². The monoisotopic (exact) mass is 360 g/mol. The molecule has 4 rings (SSSR count). The van der Waals surface area contributed by atoms with Crippen LogP contribution in [-0.2, 0) is 9.53 Å². The van der Waals surface area contributed by atoms with E-state index in [9.17, 15) is 4.79 Å². The summed E-state index contributed by atoms with van der Waals surface area (Å²) in [5, 5.41) is 0. The van der Waals surface area contributed by atoms with Gasteiger partial charge in [0.25, 0.3) is 0 Å². The smallest absolute Gasteiger partial charge is 0.236 e. The van der Waals surface area contributed by atoms with Crippen molar-refractivity contribution < 1.29 is 9.53 Å². The first-order valence-corrected chi connectivity index (χ1v) is 9.69. The number of piperazine rings is 1. The summed E-state index contributed by atoms with van der Waals surface area (Å²) in [6.45, 7) is 9.02. The molecule has 0 N–H and O–H groups in total. The Morgan fingerprint density at radius 2 is 1.50 bits per heavy atom. The molecule has 1 aromatic rings. The number of hydrogen-bond donors (Lipinski definition) is 0. The fourth-order valence-corrected chi connectivity index (χ4v) is 3.87. The van der Waals surface area contributed by atoms with Crippen molar-refractivity contribution in [3.05, 3.63) is 12.4 Å². The molecule has 3 aliphatic heterocycles. The van der Waals surface area contributed by atoms with Crippen molar-refractivity contribution >= 4 is 17.5 Å². The van der Waals surface area contributed by atoms with Crippen LogP contribution in [0, 0.1) is 0 Å². The maximum absolute atomic E-state index is 12.4. The van der Waals surface area contributed by atoms with Gasteiger partial charge in [0.2, 0.25) is 5.91 Å². The molecule has 0 saturated carbocycles. The Kier molecular flexibility index (Phi) is 5.50. The Bertz CT molecular complexity index is 607. The SMILES string of the molecule is O=C(CN1CCN(c2cc(N3CCCC3)ncn2)CC1)N1CCOCC1. The topological polar surface area (TPSA) is 65.0 Å². The summed E-state index contributed by atoms with van der Waals surface area (Å²) >= 11 is 0. The molecule has 0 radical (unpaired) electrons. The van der Waals surface area contributed by atoms with Crippen LogP contribution in [0.4, 0.5) is 11.6 Å². The zero-order valence-corrected chi connectivity index (χ0v) is 15.3. The van der Waals surface area contributed by atoms with Gasteiger partial charge in [-0.1, -0.05) is 0 Å². The molecule has 8 nitrogen and oxygen atoms in total. The number of carbonyl (C=O) groups is 1. The van der Waals surface area contributed by atoms with Crippen molar-refractivity contribution in [3.63, 3.8) is 0 Å². The Morgan fingerprint density at radius 3 is 2.15 bits per heavy atom. The van der Waals surface area contributed by atoms with Crippen LogP contribution >= 0.6 is 0 Å². The Balaban J connectivity index is 1.29. The van der Waals surface area contributed by atoms with Crippen LogP contribution < -0.4 is 9.80 Å². The van der Waals surface area contributed by atoms with Crippen LogP contribution in [0.15, 0.2) is 12.4 Å². The second kappa shape index (κ2) is 8.18. The van der Waals surface area contributed by atoms with Crippen molar-refractivity contribution in [2.75, 3.05) is 81.9 Å². The zero-order valence-electron chi connectivity index (χ0n) is 15.3. The summed E-state index contributed by atoms with van der Waals surface area (Å²) in [6.07, 6.45) is 4.17. The van der Waals surface area contributed by atoms with Gasteiger partial charge in [0.1, 0.15) is 18.0 Å². The molecule has 8 heteroatoms. The molecule has 0 atom stereocenters. The molecule has 0 aliphatic carbocycles. The fraction of sp³-hybridized carbons (Fsp3) is 0.722. The minimum atomic E-state index is 0.222. The maximum Gasteiger partial charge on any atom is 0.236 e. The maximum atomic E-state index is 12.4. The molecule has 0 aromatic carbocycles. The average Bonchev–Trinajstić information content (AvgIpc) is 3.24. The third-order valence-corrected chi connectivity index (χ3v) is 5.49. The van der Waals surface area contributed by atoms with E-state index in [1.807, 2.05) is 4.90 Å². The molecule has 4 heterocycles. The van der Waals surface area contributed by atoms with E-state index in [-0.39, 0.29) is 5.91 Å². The summed E-state index contributed by atoms with van der Waals surface area (Å²) < 4.78 is 5.32. The summed E-state index contributed by atoms with van der Waals surface area (Å²) in [5.41, 5.74) is 0. The van der Waals surface area contributed by atoms with Crippen LogP contribution in [0.1, 0.15) is 12.8 Å². The van der Waals surface area contributed by atoms with Gasteiger partial charge in [-0.3, -0.25) is 9.69 Å². The van der Waals surface area contributed by atoms with Crippen molar-refractivity contribution in [1.82, 2.24) is 19.8 Å². The largest absolute Gasteiger partial charge is 0.378 e. The molecule has 0 spiro atoms. The molecule has 26 heavy (non-hydrogen) atoms. The van der Waals surface area contributed by atoms with Gasteiger partial charge >= 0.3 is 0 Å². The van der Waals surface area contributed by atoms with Gasteiger partial charge in [0.15, 0.2) is 0 Å². The van der Waals surface area contributed by atoms with Crippen LogP contribution in [0.5, 0.6) is 0 Å². The number of rotatable bonds is 4. The lowest BCUT2D eigenvalue weighted by molar-refractivity contribution is -0.136. The third kappa shape index (κ3) is 4.07. The molecular weight excluding hydrogens is 332 g/mol. The number of morpholine rings is 1. The molecule has 0 bridgehead atoms. The number of ether oxygens (including phenoxy) is 1. The van der Waals surface area contributed by atoms with E-state index >= 15 is 0 Å². The highest BCUT2D eigenvalue weighted by Gasteiger charge is 2.24. The summed E-state index contributed by atoms with van der Waals surface area (Å²) in [5.74, 6) is 2.26. The van der Waals surface area contributed by atoms with Crippen molar-refractivity contribution in [2.24, 2.45) is 0 Å². The van der Waals surface area contributed by atoms with E-state index in [2.05, 4.69) is 30.7 Å². The predicted octanol–water partition coefficient (Wildman–Crippen LogP) is 0.0576. The lowest BCUT2D eigenvalue weighted by Gasteiger charge is -2.36. The highest BCUT2D eigenvalue weighted by molar-refractivity contribution is 5.78. The van der Waals surface area contributed by atoms with E-state index in [4.69, 9.17) is 4.74 Å². The molecule has 3 saturated heterocycles. The van der Waals surface area contributed by atoms with E-state index in [0.29, 0.717) is 19.8 Å². The molecule has 3 fully saturated rings. The molecule has 142 valence electrons. The third-order valence-electron chi connectivity index (χ3n) is 5.49. The Labute approximate surface area is 154 Å². The molecular formula is C18H28N6O2. The minimum Gasteiger partial charge on any atom is -0.378 e. The minimum absolute atomic E-state index is 0.222. The van der Waals surface area contributed by atoms with Gasteiger partial charge in [-0.25, -0.2) is 9.97 Å². The lowest BCUT2D eigenvalue weighted by Crippen LogP contribution is -2.51. The number of nitrogens with zero attached hydrogens (tertiary/aromatic N) is 6. The first-order chi connectivity index (χ1) is 12.8. The van der Waals surface area contributed by atoms with E-state index < -0.39 is 0 Å². The van der Waals surface area contributed by atoms with Gasteiger partial charge in [-0.05, 0) is 12.8 Å². The quantitative estimate of drug-likeness (QED) is 0.752. The van der Waals surface area contributed by atoms with Crippen LogP contribution in [0.2, 0.25) is 0 Å². The van der Waals surface area contributed by atoms with Crippen molar-refractivity contribution in [1.29, 1.82) is 0 Å². The van der Waals surface area contributed by atoms with Crippen LogP contribution in [0.25, 0.3) is 0 Å². The Morgan fingerprint density at radius 1 is 0.885 bits per heavy atom. The standard InChI is InChI=1S/C18H28N6O2/c25-18(24-9-11-26-12-10-24)14-21-5-7-23(8-6-21)17-13-16(19-15-20-17)22-3-1-2-4-22/h13,15H,1-12,14H2. The van der Waals surface area contributed by atoms with Crippen LogP contribution in [-0.4, -0.2) is 97.8 Å². The average molecular weight is 360 g/mol. The number of carbonyl (C=O) groups excluding carboxylic acids is 1. The van der Waals surface area contributed by atoms with E-state index in [1.54, 1.807) is 6.33 Å². The van der Waals surface area contributed by atoms with Gasteiger partial charge in [-0.2, -0.15) is 0 Å². The van der Waals surface area contributed by atoms with E-state index in [1.165, 1.54) is 12.8 Å². The summed E-state index contributed by atoms with van der Waals surface area (Å²) in [6, 6.07) is 2.11. The lowest BCUT2D eigenvalue weighted by atomic mass is 10.3. The molecule has 0 unspecified atom stereocenters. The second-order valence-corrected chi connectivity index (χ2v) is 7.18. The zero-order chi connectivity index (χ0) is 17.8. The number of hydrogen-bond acceptors (Lipinski definition) is 7. The fourth-order valence-electron chi connectivity index (χ4n) is 3.87. The number of aromatic nitrogens is 2. The van der Waals surface area contributed by atoms with Crippen molar-refractivity contribution in [3.8, 4) is 0 Å². The van der Waals surface area contributed by atoms with E-state index in [0.717, 1.165) is 64.0 Å². The normalized spacial score (nSPS) is 22.1. The van der Waals surface area contributed by atoms with Crippen LogP contribution in [0.3, 0.4) is 0 Å². The first kappa shape index (κ1) is 17.5. The van der Waals surface area contributed by atoms with Gasteiger partial charge < -0.3 is 19.4 Å². The summed E-state index contributed by atoms with van der Waals surface area (Å²) in [4.78, 5) is 30.1.